The smallest absolute Gasteiger partial charge is 0.287 e. The van der Waals surface area contributed by atoms with Crippen LogP contribution in [0, 0.1) is 28.4 Å². The minimum atomic E-state index is -0.600. The first kappa shape index (κ1) is 13.4. The van der Waals surface area contributed by atoms with Crippen molar-refractivity contribution in [2.75, 3.05) is 5.73 Å². The number of ether oxygens (including phenoxy) is 1. The molecule has 0 spiro atoms. The Balaban J connectivity index is 2.35. The van der Waals surface area contributed by atoms with Gasteiger partial charge in [0, 0.05) is 17.8 Å². The summed E-state index contributed by atoms with van der Waals surface area (Å²) in [5.41, 5.74) is 6.82. The highest BCUT2D eigenvalue weighted by atomic mass is 16.6. The Bertz CT molecular complexity index is 720. The molecule has 6 heteroatoms. The van der Waals surface area contributed by atoms with Gasteiger partial charge in [0.1, 0.15) is 23.1 Å². The maximum atomic E-state index is 10.7. The average molecular weight is 269 g/mol. The summed E-state index contributed by atoms with van der Waals surface area (Å²) in [7, 11) is 0. The molecule has 0 aliphatic heterocycles. The van der Waals surface area contributed by atoms with Gasteiger partial charge < -0.3 is 10.5 Å². The molecule has 20 heavy (non-hydrogen) atoms. The molecular weight excluding hydrogens is 258 g/mol. The van der Waals surface area contributed by atoms with Crippen molar-refractivity contribution in [2.45, 2.75) is 6.92 Å². The van der Waals surface area contributed by atoms with Crippen LogP contribution < -0.4 is 10.5 Å². The van der Waals surface area contributed by atoms with E-state index in [0.29, 0.717) is 17.2 Å². The predicted octanol–water partition coefficient (Wildman–Crippen LogP) is 3.15. The number of hydrogen-bond acceptors (Lipinski definition) is 5. The molecule has 0 unspecified atom stereocenters. The summed E-state index contributed by atoms with van der Waals surface area (Å²) in [4.78, 5) is 10.1. The maximum absolute atomic E-state index is 10.7. The van der Waals surface area contributed by atoms with Gasteiger partial charge in [0.25, 0.3) is 5.69 Å². The lowest BCUT2D eigenvalue weighted by Gasteiger charge is -2.09. The number of nitro groups is 1. The standard InChI is InChI=1S/C14H11N3O3/c1-9-6-11(16)2-5-14(9)20-12-3-4-13(17(18)19)10(7-12)8-15/h2-7H,16H2,1H3. The Labute approximate surface area is 115 Å². The van der Waals surface area contributed by atoms with Gasteiger partial charge in [-0.05, 0) is 36.8 Å². The maximum Gasteiger partial charge on any atom is 0.287 e. The third kappa shape index (κ3) is 2.67. The van der Waals surface area contributed by atoms with E-state index in [0.717, 1.165) is 5.56 Å². The fraction of sp³-hybridized carbons (Fsp3) is 0.0714. The van der Waals surface area contributed by atoms with E-state index in [1.54, 1.807) is 24.3 Å². The number of nitrogen functional groups attached to an aromatic ring is 1. The third-order valence-electron chi connectivity index (χ3n) is 2.71. The number of nitro benzene ring substituents is 1. The Morgan fingerprint density at radius 2 is 2.05 bits per heavy atom. The van der Waals surface area contributed by atoms with Crippen molar-refractivity contribution in [1.82, 2.24) is 0 Å². The number of hydrogen-bond donors (Lipinski definition) is 1. The van der Waals surface area contributed by atoms with E-state index in [2.05, 4.69) is 0 Å². The van der Waals surface area contributed by atoms with E-state index < -0.39 is 4.92 Å². The minimum absolute atomic E-state index is 0.0411. The second kappa shape index (κ2) is 5.28. The van der Waals surface area contributed by atoms with Crippen molar-refractivity contribution in [3.63, 3.8) is 0 Å². The molecule has 0 radical (unpaired) electrons. The minimum Gasteiger partial charge on any atom is -0.457 e. The molecule has 0 aliphatic rings. The Morgan fingerprint density at radius 3 is 2.65 bits per heavy atom. The first-order valence-corrected chi connectivity index (χ1v) is 5.74. The Kier molecular flexibility index (Phi) is 3.53. The number of anilines is 1. The van der Waals surface area contributed by atoms with E-state index in [9.17, 15) is 10.1 Å². The van der Waals surface area contributed by atoms with E-state index in [4.69, 9.17) is 15.7 Å². The lowest BCUT2D eigenvalue weighted by atomic mass is 10.2. The van der Waals surface area contributed by atoms with Crippen LogP contribution in [0.15, 0.2) is 36.4 Å². The largest absolute Gasteiger partial charge is 0.457 e. The first-order valence-electron chi connectivity index (χ1n) is 5.74. The van der Waals surface area contributed by atoms with Crippen LogP contribution in [0.2, 0.25) is 0 Å². The van der Waals surface area contributed by atoms with Gasteiger partial charge in [-0.2, -0.15) is 5.26 Å². The van der Waals surface area contributed by atoms with Gasteiger partial charge in [0.2, 0.25) is 0 Å². The van der Waals surface area contributed by atoms with E-state index >= 15 is 0 Å². The summed E-state index contributed by atoms with van der Waals surface area (Å²) in [6, 6.07) is 11.0. The molecule has 2 N–H and O–H groups in total. The quantitative estimate of drug-likeness (QED) is 0.523. The topological polar surface area (TPSA) is 102 Å². The second-order valence-corrected chi connectivity index (χ2v) is 4.17. The van der Waals surface area contributed by atoms with Crippen molar-refractivity contribution in [1.29, 1.82) is 5.26 Å². The molecule has 2 aromatic rings. The summed E-state index contributed by atoms with van der Waals surface area (Å²) in [6.45, 7) is 1.84. The average Bonchev–Trinajstić information content (AvgIpc) is 2.41. The van der Waals surface area contributed by atoms with Crippen LogP contribution in [0.5, 0.6) is 11.5 Å². The molecule has 2 aromatic carbocycles. The Morgan fingerprint density at radius 1 is 1.30 bits per heavy atom. The summed E-state index contributed by atoms with van der Waals surface area (Å²) < 4.78 is 5.61. The fourth-order valence-corrected chi connectivity index (χ4v) is 1.74. The molecule has 0 bridgehead atoms. The van der Waals surface area contributed by atoms with Crippen LogP contribution in [0.25, 0.3) is 0 Å². The van der Waals surface area contributed by atoms with Crippen molar-refractivity contribution in [3.05, 3.63) is 57.6 Å². The zero-order valence-corrected chi connectivity index (χ0v) is 10.7. The SMILES string of the molecule is Cc1cc(N)ccc1Oc1ccc([N+](=O)[O-])c(C#N)c1. The monoisotopic (exact) mass is 269 g/mol. The molecule has 6 nitrogen and oxygen atoms in total. The normalized spacial score (nSPS) is 9.80. The molecule has 0 fully saturated rings. The van der Waals surface area contributed by atoms with Gasteiger partial charge in [-0.3, -0.25) is 10.1 Å². The summed E-state index contributed by atoms with van der Waals surface area (Å²) in [5, 5.41) is 19.7. The second-order valence-electron chi connectivity index (χ2n) is 4.17. The van der Waals surface area contributed by atoms with Gasteiger partial charge >= 0.3 is 0 Å². The van der Waals surface area contributed by atoms with Crippen LogP contribution in [0.3, 0.4) is 0 Å². The van der Waals surface area contributed by atoms with E-state index in [1.807, 2.05) is 6.92 Å². The van der Waals surface area contributed by atoms with Gasteiger partial charge in [-0.1, -0.05) is 0 Å². The molecule has 100 valence electrons. The van der Waals surface area contributed by atoms with E-state index in [-0.39, 0.29) is 11.3 Å². The lowest BCUT2D eigenvalue weighted by molar-refractivity contribution is -0.385. The zero-order valence-electron chi connectivity index (χ0n) is 10.7. The molecule has 2 rings (SSSR count). The van der Waals surface area contributed by atoms with Crippen LogP contribution in [-0.4, -0.2) is 4.92 Å². The number of benzene rings is 2. The number of nitrogens with two attached hydrogens (primary N) is 1. The van der Waals surface area contributed by atoms with Crippen molar-refractivity contribution < 1.29 is 9.66 Å². The van der Waals surface area contributed by atoms with Crippen molar-refractivity contribution >= 4 is 11.4 Å². The molecule has 0 aliphatic carbocycles. The first-order chi connectivity index (χ1) is 9.51. The predicted molar refractivity (Wildman–Crippen MR) is 73.5 cm³/mol. The highest BCUT2D eigenvalue weighted by molar-refractivity contribution is 5.54. The number of rotatable bonds is 3. The van der Waals surface area contributed by atoms with Crippen molar-refractivity contribution in [2.24, 2.45) is 0 Å². The molecular formula is C14H11N3O3. The van der Waals surface area contributed by atoms with Gasteiger partial charge in [-0.15, -0.1) is 0 Å². The van der Waals surface area contributed by atoms with Gasteiger partial charge in [0.15, 0.2) is 0 Å². The molecule has 0 saturated carbocycles. The van der Waals surface area contributed by atoms with Gasteiger partial charge in [-0.25, -0.2) is 0 Å². The highest BCUT2D eigenvalue weighted by Crippen LogP contribution is 2.29. The molecule has 0 aromatic heterocycles. The van der Waals surface area contributed by atoms with Crippen LogP contribution in [0.1, 0.15) is 11.1 Å². The molecule has 0 atom stereocenters. The van der Waals surface area contributed by atoms with Crippen LogP contribution in [0.4, 0.5) is 11.4 Å². The summed E-state index contributed by atoms with van der Waals surface area (Å²) >= 11 is 0. The summed E-state index contributed by atoms with van der Waals surface area (Å²) in [5.74, 6) is 0.942. The highest BCUT2D eigenvalue weighted by Gasteiger charge is 2.14. The van der Waals surface area contributed by atoms with Crippen LogP contribution in [-0.2, 0) is 0 Å². The van der Waals surface area contributed by atoms with Crippen molar-refractivity contribution in [3.8, 4) is 17.6 Å². The number of nitriles is 1. The Hall–Kier alpha value is -3.07. The molecule has 0 heterocycles. The van der Waals surface area contributed by atoms with Gasteiger partial charge in [0.05, 0.1) is 4.92 Å². The molecule has 0 amide bonds. The van der Waals surface area contributed by atoms with E-state index in [1.165, 1.54) is 18.2 Å². The third-order valence-corrected chi connectivity index (χ3v) is 2.71. The lowest BCUT2D eigenvalue weighted by Crippen LogP contribution is -1.94. The fourth-order valence-electron chi connectivity index (χ4n) is 1.74. The molecule has 0 saturated heterocycles. The van der Waals surface area contributed by atoms with Crippen LogP contribution >= 0.6 is 0 Å². The summed E-state index contributed by atoms with van der Waals surface area (Å²) in [6.07, 6.45) is 0. The number of aryl methyl sites for hydroxylation is 1. The number of nitrogens with zero attached hydrogens (tertiary/aromatic N) is 2. The zero-order chi connectivity index (χ0) is 14.7.